The molecule has 0 saturated carbocycles. The highest BCUT2D eigenvalue weighted by Gasteiger charge is 2.31. The van der Waals surface area contributed by atoms with Crippen LogP contribution in [-0.2, 0) is 12.7 Å². The third-order valence-electron chi connectivity index (χ3n) is 2.78. The van der Waals surface area contributed by atoms with Crippen LogP contribution in [0.15, 0.2) is 42.5 Å². The number of carbonyl (C=O) groups is 1. The molecule has 0 spiro atoms. The molecule has 0 saturated heterocycles. The molecule has 109 valence electrons. The SMILES string of the molecule is O=C(NCc1cc[c]cc1)c1cc(C(F)(F)F)ccc1F. The van der Waals surface area contributed by atoms with E-state index in [0.717, 1.165) is 5.56 Å². The molecule has 21 heavy (non-hydrogen) atoms. The standard InChI is InChI=1S/C15H10F4NO/c16-13-7-6-11(15(17,18)19)8-12(13)14(21)20-9-10-4-2-1-3-5-10/h2-8H,9H2,(H,20,21). The molecular formula is C15H10F4NO. The van der Waals surface area contributed by atoms with Crippen molar-refractivity contribution in [1.82, 2.24) is 5.32 Å². The Morgan fingerprint density at radius 1 is 1.14 bits per heavy atom. The van der Waals surface area contributed by atoms with Gasteiger partial charge < -0.3 is 5.32 Å². The van der Waals surface area contributed by atoms with Crippen LogP contribution in [-0.4, -0.2) is 5.91 Å². The molecule has 0 atom stereocenters. The summed E-state index contributed by atoms with van der Waals surface area (Å²) in [6.07, 6.45) is -4.63. The zero-order valence-corrected chi connectivity index (χ0v) is 10.7. The summed E-state index contributed by atoms with van der Waals surface area (Å²) < 4.78 is 51.2. The lowest BCUT2D eigenvalue weighted by Gasteiger charge is -2.10. The second-order valence-corrected chi connectivity index (χ2v) is 4.28. The van der Waals surface area contributed by atoms with Crippen LogP contribution in [0.4, 0.5) is 17.6 Å². The van der Waals surface area contributed by atoms with Gasteiger partial charge in [0.05, 0.1) is 11.1 Å². The largest absolute Gasteiger partial charge is 0.416 e. The van der Waals surface area contributed by atoms with Crippen LogP contribution >= 0.6 is 0 Å². The van der Waals surface area contributed by atoms with Crippen molar-refractivity contribution in [3.8, 4) is 0 Å². The number of alkyl halides is 3. The summed E-state index contributed by atoms with van der Waals surface area (Å²) in [7, 11) is 0. The Morgan fingerprint density at radius 3 is 2.43 bits per heavy atom. The van der Waals surface area contributed by atoms with E-state index in [0.29, 0.717) is 18.2 Å². The average molecular weight is 296 g/mol. The lowest BCUT2D eigenvalue weighted by atomic mass is 10.1. The molecule has 0 aliphatic rings. The molecule has 2 aromatic carbocycles. The van der Waals surface area contributed by atoms with Gasteiger partial charge in [0.15, 0.2) is 0 Å². The summed E-state index contributed by atoms with van der Waals surface area (Å²) in [4.78, 5) is 11.8. The number of carbonyl (C=O) groups excluding carboxylic acids is 1. The van der Waals surface area contributed by atoms with Crippen molar-refractivity contribution in [2.45, 2.75) is 12.7 Å². The zero-order chi connectivity index (χ0) is 15.5. The van der Waals surface area contributed by atoms with Gasteiger partial charge in [-0.2, -0.15) is 13.2 Å². The minimum absolute atomic E-state index is 0.0865. The molecule has 2 rings (SSSR count). The minimum Gasteiger partial charge on any atom is -0.348 e. The maximum Gasteiger partial charge on any atom is 0.416 e. The van der Waals surface area contributed by atoms with Crippen molar-refractivity contribution in [2.24, 2.45) is 0 Å². The fourth-order valence-electron chi connectivity index (χ4n) is 1.69. The van der Waals surface area contributed by atoms with Gasteiger partial charge in [-0.05, 0) is 29.8 Å². The van der Waals surface area contributed by atoms with Gasteiger partial charge in [-0.25, -0.2) is 4.39 Å². The second-order valence-electron chi connectivity index (χ2n) is 4.28. The van der Waals surface area contributed by atoms with E-state index in [9.17, 15) is 22.4 Å². The first-order chi connectivity index (χ1) is 9.88. The van der Waals surface area contributed by atoms with Crippen molar-refractivity contribution >= 4 is 5.91 Å². The van der Waals surface area contributed by atoms with Crippen LogP contribution in [0.5, 0.6) is 0 Å². The summed E-state index contributed by atoms with van der Waals surface area (Å²) >= 11 is 0. The Hall–Kier alpha value is -2.37. The topological polar surface area (TPSA) is 29.1 Å². The Kier molecular flexibility index (Phi) is 4.26. The summed E-state index contributed by atoms with van der Waals surface area (Å²) in [6, 6.07) is 11.2. The maximum atomic E-state index is 13.5. The highest BCUT2D eigenvalue weighted by atomic mass is 19.4. The van der Waals surface area contributed by atoms with Crippen molar-refractivity contribution in [2.75, 3.05) is 0 Å². The molecule has 2 nitrogen and oxygen atoms in total. The molecule has 1 radical (unpaired) electrons. The Balaban J connectivity index is 2.15. The Bertz CT molecular complexity index is 638. The number of hydrogen-bond donors (Lipinski definition) is 1. The van der Waals surface area contributed by atoms with Crippen LogP contribution < -0.4 is 5.32 Å². The summed E-state index contributed by atoms with van der Waals surface area (Å²) in [5.74, 6) is -1.90. The molecule has 0 aliphatic carbocycles. The summed E-state index contributed by atoms with van der Waals surface area (Å²) in [5, 5.41) is 2.37. The fraction of sp³-hybridized carbons (Fsp3) is 0.133. The van der Waals surface area contributed by atoms with Gasteiger partial charge in [-0.3, -0.25) is 4.79 Å². The molecule has 2 aromatic rings. The Labute approximate surface area is 118 Å². The Morgan fingerprint density at radius 2 is 1.81 bits per heavy atom. The molecule has 1 N–H and O–H groups in total. The van der Waals surface area contributed by atoms with Crippen molar-refractivity contribution < 1.29 is 22.4 Å². The van der Waals surface area contributed by atoms with Crippen molar-refractivity contribution in [3.05, 3.63) is 71.0 Å². The predicted molar refractivity (Wildman–Crippen MR) is 67.9 cm³/mol. The third-order valence-corrected chi connectivity index (χ3v) is 2.78. The molecule has 0 aromatic heterocycles. The van der Waals surface area contributed by atoms with Crippen molar-refractivity contribution in [3.63, 3.8) is 0 Å². The first-order valence-electron chi connectivity index (χ1n) is 5.98. The average Bonchev–Trinajstić information content (AvgIpc) is 2.45. The van der Waals surface area contributed by atoms with Gasteiger partial charge in [-0.15, -0.1) is 0 Å². The van der Waals surface area contributed by atoms with Crippen LogP contribution in [0.2, 0.25) is 0 Å². The van der Waals surface area contributed by atoms with Crippen LogP contribution in [0.25, 0.3) is 0 Å². The number of nitrogens with one attached hydrogen (secondary N) is 1. The highest BCUT2D eigenvalue weighted by molar-refractivity contribution is 5.94. The van der Waals surface area contributed by atoms with E-state index in [-0.39, 0.29) is 6.54 Å². The maximum absolute atomic E-state index is 13.5. The molecule has 0 unspecified atom stereocenters. The number of halogens is 4. The fourth-order valence-corrected chi connectivity index (χ4v) is 1.69. The number of amides is 1. The van der Waals surface area contributed by atoms with Crippen molar-refractivity contribution in [1.29, 1.82) is 0 Å². The summed E-state index contributed by atoms with van der Waals surface area (Å²) in [6.45, 7) is 0.0865. The van der Waals surface area contributed by atoms with E-state index in [1.54, 1.807) is 24.3 Å². The molecule has 1 amide bonds. The highest BCUT2D eigenvalue weighted by Crippen LogP contribution is 2.30. The molecule has 6 heteroatoms. The third kappa shape index (κ3) is 3.81. The lowest BCUT2D eigenvalue weighted by molar-refractivity contribution is -0.137. The molecular weight excluding hydrogens is 286 g/mol. The van der Waals surface area contributed by atoms with Gasteiger partial charge >= 0.3 is 6.18 Å². The van der Waals surface area contributed by atoms with E-state index in [1.807, 2.05) is 0 Å². The van der Waals surface area contributed by atoms with E-state index in [2.05, 4.69) is 11.4 Å². The molecule has 0 aliphatic heterocycles. The first kappa shape index (κ1) is 15.0. The smallest absolute Gasteiger partial charge is 0.348 e. The van der Waals surface area contributed by atoms with Gasteiger partial charge in [0.1, 0.15) is 5.82 Å². The van der Waals surface area contributed by atoms with Crippen LogP contribution in [0, 0.1) is 11.9 Å². The molecule has 0 heterocycles. The second kappa shape index (κ2) is 5.95. The molecule has 0 fully saturated rings. The van der Waals surface area contributed by atoms with E-state index in [1.165, 1.54) is 0 Å². The monoisotopic (exact) mass is 296 g/mol. The quantitative estimate of drug-likeness (QED) is 0.862. The van der Waals surface area contributed by atoms with E-state index in [4.69, 9.17) is 0 Å². The van der Waals surface area contributed by atoms with Crippen LogP contribution in [0.3, 0.4) is 0 Å². The number of benzene rings is 2. The molecule has 0 bridgehead atoms. The first-order valence-corrected chi connectivity index (χ1v) is 5.98. The number of rotatable bonds is 3. The predicted octanol–water partition coefficient (Wildman–Crippen LogP) is 3.57. The van der Waals surface area contributed by atoms with Gasteiger partial charge in [0, 0.05) is 6.54 Å². The van der Waals surface area contributed by atoms with Gasteiger partial charge in [0.2, 0.25) is 0 Å². The van der Waals surface area contributed by atoms with E-state index < -0.39 is 29.0 Å². The van der Waals surface area contributed by atoms with Gasteiger partial charge in [0.25, 0.3) is 5.91 Å². The summed E-state index contributed by atoms with van der Waals surface area (Å²) in [5.41, 5.74) is -0.967. The number of hydrogen-bond acceptors (Lipinski definition) is 1. The lowest BCUT2D eigenvalue weighted by Crippen LogP contribution is -2.24. The normalized spacial score (nSPS) is 11.2. The van der Waals surface area contributed by atoms with Crippen LogP contribution in [0.1, 0.15) is 21.5 Å². The minimum atomic E-state index is -4.63. The zero-order valence-electron chi connectivity index (χ0n) is 10.7. The van der Waals surface area contributed by atoms with Gasteiger partial charge in [-0.1, -0.05) is 24.3 Å². The van der Waals surface area contributed by atoms with E-state index >= 15 is 0 Å².